The molecule has 1 aliphatic heterocycles. The summed E-state index contributed by atoms with van der Waals surface area (Å²) in [5.41, 5.74) is 1.91. The van der Waals surface area contributed by atoms with Crippen molar-refractivity contribution < 1.29 is 14.3 Å². The molecule has 0 bridgehead atoms. The van der Waals surface area contributed by atoms with Crippen LogP contribution in [0.4, 0.5) is 0 Å². The second-order valence-corrected chi connectivity index (χ2v) is 6.14. The van der Waals surface area contributed by atoms with Gasteiger partial charge in [0.05, 0.1) is 6.61 Å². The lowest BCUT2D eigenvalue weighted by Crippen LogP contribution is -2.65. The van der Waals surface area contributed by atoms with E-state index < -0.39 is 5.54 Å². The van der Waals surface area contributed by atoms with E-state index in [-0.39, 0.29) is 11.9 Å². The lowest BCUT2D eigenvalue weighted by molar-refractivity contribution is -0.162. The molecule has 1 fully saturated rings. The third-order valence-corrected chi connectivity index (χ3v) is 4.62. The minimum absolute atomic E-state index is 0.128. The smallest absolute Gasteiger partial charge is 0.331 e. The van der Waals surface area contributed by atoms with Gasteiger partial charge in [-0.25, -0.2) is 4.79 Å². The fourth-order valence-electron chi connectivity index (χ4n) is 2.98. The molecule has 1 amide bonds. The van der Waals surface area contributed by atoms with Gasteiger partial charge in [0.2, 0.25) is 0 Å². The van der Waals surface area contributed by atoms with Gasteiger partial charge in [0.1, 0.15) is 5.54 Å². The monoisotopic (exact) mass is 323 g/mol. The zero-order valence-corrected chi connectivity index (χ0v) is 14.0. The van der Waals surface area contributed by atoms with E-state index in [0.29, 0.717) is 25.1 Å². The van der Waals surface area contributed by atoms with E-state index in [1.807, 2.05) is 54.6 Å². The van der Waals surface area contributed by atoms with Crippen molar-refractivity contribution in [1.82, 2.24) is 4.90 Å². The quantitative estimate of drug-likeness (QED) is 0.809. The van der Waals surface area contributed by atoms with Crippen LogP contribution in [0.15, 0.2) is 54.6 Å². The van der Waals surface area contributed by atoms with Crippen molar-refractivity contribution in [3.05, 3.63) is 60.2 Å². The summed E-state index contributed by atoms with van der Waals surface area (Å²) in [6.07, 6.45) is 0.639. The molecule has 3 rings (SSSR count). The van der Waals surface area contributed by atoms with Crippen molar-refractivity contribution in [2.75, 3.05) is 13.2 Å². The number of nitrogens with zero attached hydrogens (tertiary/aromatic N) is 1. The number of rotatable bonds is 4. The van der Waals surface area contributed by atoms with Gasteiger partial charge >= 0.3 is 5.97 Å². The molecule has 1 atom stereocenters. The Labute approximate surface area is 142 Å². The highest BCUT2D eigenvalue weighted by molar-refractivity contribution is 5.99. The van der Waals surface area contributed by atoms with E-state index in [1.54, 1.807) is 18.7 Å². The maximum absolute atomic E-state index is 12.7. The highest BCUT2D eigenvalue weighted by atomic mass is 16.5. The third kappa shape index (κ3) is 2.80. The van der Waals surface area contributed by atoms with Crippen molar-refractivity contribution in [3.63, 3.8) is 0 Å². The lowest BCUT2D eigenvalue weighted by atomic mass is 9.85. The second-order valence-electron chi connectivity index (χ2n) is 6.14. The Hall–Kier alpha value is -2.62. The molecule has 0 N–H and O–H groups in total. The Morgan fingerprint density at radius 3 is 2.21 bits per heavy atom. The summed E-state index contributed by atoms with van der Waals surface area (Å²) in [6.45, 7) is 4.44. The second kappa shape index (κ2) is 6.48. The van der Waals surface area contributed by atoms with Gasteiger partial charge in [0.25, 0.3) is 5.91 Å². The summed E-state index contributed by atoms with van der Waals surface area (Å²) in [5, 5.41) is 0. The molecular weight excluding hydrogens is 302 g/mol. The number of likely N-dealkylation sites (tertiary alicyclic amines) is 1. The minimum atomic E-state index is -0.842. The van der Waals surface area contributed by atoms with Gasteiger partial charge in [-0.15, -0.1) is 0 Å². The molecule has 2 aromatic rings. The van der Waals surface area contributed by atoms with Crippen LogP contribution in [0.2, 0.25) is 0 Å². The number of esters is 1. The molecule has 4 heteroatoms. The maximum atomic E-state index is 12.7. The number of benzene rings is 2. The van der Waals surface area contributed by atoms with Gasteiger partial charge in [-0.2, -0.15) is 0 Å². The topological polar surface area (TPSA) is 46.6 Å². The minimum Gasteiger partial charge on any atom is -0.464 e. The molecule has 24 heavy (non-hydrogen) atoms. The maximum Gasteiger partial charge on any atom is 0.331 e. The molecule has 2 aromatic carbocycles. The first kappa shape index (κ1) is 16.2. The molecule has 4 nitrogen and oxygen atoms in total. The van der Waals surface area contributed by atoms with Crippen LogP contribution in [-0.4, -0.2) is 35.5 Å². The molecule has 1 saturated heterocycles. The fourth-order valence-corrected chi connectivity index (χ4v) is 2.98. The molecule has 1 unspecified atom stereocenters. The van der Waals surface area contributed by atoms with Gasteiger partial charge in [0, 0.05) is 12.1 Å². The first-order valence-electron chi connectivity index (χ1n) is 8.21. The van der Waals surface area contributed by atoms with E-state index in [2.05, 4.69) is 0 Å². The molecule has 124 valence electrons. The first-order valence-corrected chi connectivity index (χ1v) is 8.21. The Morgan fingerprint density at radius 2 is 1.67 bits per heavy atom. The van der Waals surface area contributed by atoms with E-state index in [0.717, 1.165) is 11.1 Å². The summed E-state index contributed by atoms with van der Waals surface area (Å²) in [7, 11) is 0. The third-order valence-electron chi connectivity index (χ3n) is 4.62. The molecule has 0 spiro atoms. The van der Waals surface area contributed by atoms with Crippen LogP contribution in [0, 0.1) is 0 Å². The molecule has 0 aromatic heterocycles. The Morgan fingerprint density at radius 1 is 1.04 bits per heavy atom. The van der Waals surface area contributed by atoms with Crippen molar-refractivity contribution in [2.45, 2.75) is 25.8 Å². The SMILES string of the molecule is CCOC(=O)C1(C)CCN1C(=O)c1ccc(-c2ccccc2)cc1. The van der Waals surface area contributed by atoms with Gasteiger partial charge in [-0.05, 0) is 43.5 Å². The number of hydrogen-bond donors (Lipinski definition) is 0. The van der Waals surface area contributed by atoms with Crippen LogP contribution in [0.25, 0.3) is 11.1 Å². The normalized spacial score (nSPS) is 19.5. The van der Waals surface area contributed by atoms with Crippen LogP contribution in [0.5, 0.6) is 0 Å². The fraction of sp³-hybridized carbons (Fsp3) is 0.300. The van der Waals surface area contributed by atoms with Gasteiger partial charge in [-0.3, -0.25) is 4.79 Å². The molecule has 1 aliphatic rings. The average molecular weight is 323 g/mol. The lowest BCUT2D eigenvalue weighted by Gasteiger charge is -2.48. The summed E-state index contributed by atoms with van der Waals surface area (Å²) in [6, 6.07) is 17.5. The molecule has 0 aliphatic carbocycles. The molecule has 0 radical (unpaired) electrons. The number of amides is 1. The summed E-state index contributed by atoms with van der Waals surface area (Å²) in [4.78, 5) is 26.4. The van der Waals surface area contributed by atoms with Crippen LogP contribution in [-0.2, 0) is 9.53 Å². The predicted octanol–water partition coefficient (Wildman–Crippen LogP) is 3.52. The Balaban J connectivity index is 1.77. The van der Waals surface area contributed by atoms with Crippen LogP contribution in [0.3, 0.4) is 0 Å². The van der Waals surface area contributed by atoms with Gasteiger partial charge < -0.3 is 9.64 Å². The number of carbonyl (C=O) groups is 2. The van der Waals surface area contributed by atoms with E-state index in [1.165, 1.54) is 0 Å². The summed E-state index contributed by atoms with van der Waals surface area (Å²) >= 11 is 0. The summed E-state index contributed by atoms with van der Waals surface area (Å²) < 4.78 is 5.11. The van der Waals surface area contributed by atoms with E-state index in [4.69, 9.17) is 4.74 Å². The zero-order valence-electron chi connectivity index (χ0n) is 14.0. The van der Waals surface area contributed by atoms with Crippen molar-refractivity contribution in [1.29, 1.82) is 0 Å². The molecule has 0 saturated carbocycles. The average Bonchev–Trinajstić information content (AvgIpc) is 2.61. The van der Waals surface area contributed by atoms with Crippen molar-refractivity contribution in [2.24, 2.45) is 0 Å². The summed E-state index contributed by atoms with van der Waals surface area (Å²) in [5.74, 6) is -0.457. The van der Waals surface area contributed by atoms with Gasteiger partial charge in [-0.1, -0.05) is 42.5 Å². The van der Waals surface area contributed by atoms with Crippen LogP contribution >= 0.6 is 0 Å². The van der Waals surface area contributed by atoms with E-state index >= 15 is 0 Å². The predicted molar refractivity (Wildman–Crippen MR) is 92.6 cm³/mol. The van der Waals surface area contributed by atoms with Crippen molar-refractivity contribution >= 4 is 11.9 Å². The largest absolute Gasteiger partial charge is 0.464 e. The molecular formula is C20H21NO3. The Kier molecular flexibility index (Phi) is 4.38. The van der Waals surface area contributed by atoms with E-state index in [9.17, 15) is 9.59 Å². The highest BCUT2D eigenvalue weighted by Gasteiger charge is 2.50. The van der Waals surface area contributed by atoms with Crippen LogP contribution in [0.1, 0.15) is 30.6 Å². The van der Waals surface area contributed by atoms with Gasteiger partial charge in [0.15, 0.2) is 0 Å². The first-order chi connectivity index (χ1) is 11.6. The number of carbonyl (C=O) groups excluding carboxylic acids is 2. The molecule has 1 heterocycles. The number of ether oxygens (including phenoxy) is 1. The Bertz CT molecular complexity index is 739. The highest BCUT2D eigenvalue weighted by Crippen LogP contribution is 2.33. The standard InChI is InChI=1S/C20H21NO3/c1-3-24-19(23)20(2)13-14-21(20)18(22)17-11-9-16(10-12-17)15-7-5-4-6-8-15/h4-12H,3,13-14H2,1-2H3. The van der Waals surface area contributed by atoms with Crippen molar-refractivity contribution in [3.8, 4) is 11.1 Å². The number of hydrogen-bond acceptors (Lipinski definition) is 3. The van der Waals surface area contributed by atoms with Crippen LogP contribution < -0.4 is 0 Å². The zero-order chi connectivity index (χ0) is 17.2.